The minimum atomic E-state index is 0.455. The van der Waals surface area contributed by atoms with Gasteiger partial charge >= 0.3 is 0 Å². The van der Waals surface area contributed by atoms with Crippen molar-refractivity contribution in [3.8, 4) is 0 Å². The van der Waals surface area contributed by atoms with E-state index in [-0.39, 0.29) is 0 Å². The number of rotatable bonds is 8. The molecule has 0 aliphatic rings. The van der Waals surface area contributed by atoms with Crippen molar-refractivity contribution in [3.05, 3.63) is 11.9 Å². The zero-order chi connectivity index (χ0) is 13.5. The molecule has 1 rings (SSSR count). The molecule has 0 bridgehead atoms. The standard InChI is InChI=1S/C13H27N5/c1-10(2)13(11(3)4)8-15-5-6-18-9-12(7-14)16-17-18/h9-11,13,15H,5-8,14H2,1-4H3. The first kappa shape index (κ1) is 15.1. The number of nitrogens with two attached hydrogens (primary N) is 1. The van der Waals surface area contributed by atoms with Crippen LogP contribution in [0.3, 0.4) is 0 Å². The average Bonchev–Trinajstić information content (AvgIpc) is 2.75. The van der Waals surface area contributed by atoms with Crippen LogP contribution in [-0.2, 0) is 13.1 Å². The molecule has 18 heavy (non-hydrogen) atoms. The van der Waals surface area contributed by atoms with Gasteiger partial charge in [0.25, 0.3) is 0 Å². The molecule has 0 spiro atoms. The molecule has 0 saturated heterocycles. The molecule has 1 heterocycles. The quantitative estimate of drug-likeness (QED) is 0.684. The van der Waals surface area contributed by atoms with Crippen LogP contribution >= 0.6 is 0 Å². The Labute approximate surface area is 110 Å². The normalized spacial score (nSPS) is 12.0. The summed E-state index contributed by atoms with van der Waals surface area (Å²) in [6.45, 7) is 12.4. The van der Waals surface area contributed by atoms with Crippen molar-refractivity contribution < 1.29 is 0 Å². The van der Waals surface area contributed by atoms with Gasteiger partial charge in [0.2, 0.25) is 0 Å². The number of hydrogen-bond acceptors (Lipinski definition) is 4. The molecule has 1 aromatic heterocycles. The van der Waals surface area contributed by atoms with E-state index in [1.807, 2.05) is 10.9 Å². The van der Waals surface area contributed by atoms with Crippen LogP contribution < -0.4 is 11.1 Å². The first-order valence-electron chi connectivity index (χ1n) is 6.84. The second-order valence-electron chi connectivity index (χ2n) is 5.53. The zero-order valence-electron chi connectivity index (χ0n) is 12.1. The van der Waals surface area contributed by atoms with E-state index in [0.29, 0.717) is 18.4 Å². The van der Waals surface area contributed by atoms with E-state index in [0.717, 1.165) is 31.2 Å². The lowest BCUT2D eigenvalue weighted by molar-refractivity contribution is 0.274. The van der Waals surface area contributed by atoms with Crippen LogP contribution in [0.2, 0.25) is 0 Å². The van der Waals surface area contributed by atoms with Gasteiger partial charge in [-0.1, -0.05) is 32.9 Å². The smallest absolute Gasteiger partial charge is 0.0962 e. The Bertz CT molecular complexity index is 324. The molecule has 0 fully saturated rings. The Morgan fingerprint density at radius 3 is 2.44 bits per heavy atom. The Kier molecular flexibility index (Phi) is 6.29. The highest BCUT2D eigenvalue weighted by molar-refractivity contribution is 4.90. The van der Waals surface area contributed by atoms with Crippen LogP contribution in [0.5, 0.6) is 0 Å². The van der Waals surface area contributed by atoms with E-state index in [4.69, 9.17) is 5.73 Å². The van der Waals surface area contributed by atoms with E-state index in [1.54, 1.807) is 0 Å². The molecule has 0 saturated carbocycles. The van der Waals surface area contributed by atoms with E-state index >= 15 is 0 Å². The van der Waals surface area contributed by atoms with Crippen molar-refractivity contribution in [2.45, 2.75) is 40.8 Å². The van der Waals surface area contributed by atoms with Gasteiger partial charge in [-0.2, -0.15) is 0 Å². The lowest BCUT2D eigenvalue weighted by Crippen LogP contribution is -2.31. The van der Waals surface area contributed by atoms with E-state index in [9.17, 15) is 0 Å². The summed E-state index contributed by atoms with van der Waals surface area (Å²) in [6, 6.07) is 0. The van der Waals surface area contributed by atoms with Crippen LogP contribution in [-0.4, -0.2) is 28.1 Å². The fraction of sp³-hybridized carbons (Fsp3) is 0.846. The topological polar surface area (TPSA) is 68.8 Å². The number of aromatic nitrogens is 3. The summed E-state index contributed by atoms with van der Waals surface area (Å²) in [5.41, 5.74) is 6.34. The summed E-state index contributed by atoms with van der Waals surface area (Å²) in [5.74, 6) is 2.15. The first-order valence-corrected chi connectivity index (χ1v) is 6.84. The van der Waals surface area contributed by atoms with Gasteiger partial charge in [-0.3, -0.25) is 4.68 Å². The summed E-state index contributed by atoms with van der Waals surface area (Å²) < 4.78 is 1.84. The Morgan fingerprint density at radius 1 is 1.28 bits per heavy atom. The summed E-state index contributed by atoms with van der Waals surface area (Å²) in [7, 11) is 0. The maximum absolute atomic E-state index is 5.49. The van der Waals surface area contributed by atoms with Gasteiger partial charge in [0.1, 0.15) is 0 Å². The molecule has 0 aromatic carbocycles. The minimum absolute atomic E-state index is 0.455. The predicted octanol–water partition coefficient (Wildman–Crippen LogP) is 1.25. The molecule has 0 aliphatic heterocycles. The van der Waals surface area contributed by atoms with Crippen LogP contribution in [0, 0.1) is 17.8 Å². The summed E-state index contributed by atoms with van der Waals surface area (Å²) in [6.07, 6.45) is 1.91. The maximum Gasteiger partial charge on any atom is 0.0962 e. The third-order valence-corrected chi connectivity index (χ3v) is 3.41. The van der Waals surface area contributed by atoms with Gasteiger partial charge < -0.3 is 11.1 Å². The molecule has 1 aromatic rings. The highest BCUT2D eigenvalue weighted by Gasteiger charge is 2.16. The predicted molar refractivity (Wildman–Crippen MR) is 73.9 cm³/mol. The summed E-state index contributed by atoms with van der Waals surface area (Å²) in [4.78, 5) is 0. The third-order valence-electron chi connectivity index (χ3n) is 3.41. The molecular weight excluding hydrogens is 226 g/mol. The average molecular weight is 253 g/mol. The number of nitrogens with one attached hydrogen (secondary N) is 1. The van der Waals surface area contributed by atoms with Crippen molar-refractivity contribution in [3.63, 3.8) is 0 Å². The Balaban J connectivity index is 2.25. The van der Waals surface area contributed by atoms with Crippen LogP contribution in [0.25, 0.3) is 0 Å². The summed E-state index contributed by atoms with van der Waals surface area (Å²) >= 11 is 0. The molecule has 3 N–H and O–H groups in total. The maximum atomic E-state index is 5.49. The third kappa shape index (κ3) is 4.74. The minimum Gasteiger partial charge on any atom is -0.325 e. The van der Waals surface area contributed by atoms with Gasteiger partial charge in [0, 0.05) is 19.3 Å². The molecule has 5 heteroatoms. The Morgan fingerprint density at radius 2 is 1.94 bits per heavy atom. The summed E-state index contributed by atoms with van der Waals surface area (Å²) in [5, 5.41) is 11.5. The fourth-order valence-corrected chi connectivity index (χ4v) is 2.24. The molecule has 104 valence electrons. The van der Waals surface area contributed by atoms with E-state index in [1.165, 1.54) is 0 Å². The van der Waals surface area contributed by atoms with Crippen molar-refractivity contribution in [2.75, 3.05) is 13.1 Å². The lowest BCUT2D eigenvalue weighted by atomic mass is 9.85. The second kappa shape index (κ2) is 7.48. The largest absolute Gasteiger partial charge is 0.325 e. The lowest BCUT2D eigenvalue weighted by Gasteiger charge is -2.25. The van der Waals surface area contributed by atoms with Crippen LogP contribution in [0.4, 0.5) is 0 Å². The van der Waals surface area contributed by atoms with Crippen molar-refractivity contribution in [1.82, 2.24) is 20.3 Å². The van der Waals surface area contributed by atoms with E-state index in [2.05, 4.69) is 43.3 Å². The van der Waals surface area contributed by atoms with Gasteiger partial charge in [-0.15, -0.1) is 5.10 Å². The van der Waals surface area contributed by atoms with Gasteiger partial charge in [-0.25, -0.2) is 0 Å². The molecule has 0 aliphatic carbocycles. The Hall–Kier alpha value is -0.940. The van der Waals surface area contributed by atoms with Crippen LogP contribution in [0.15, 0.2) is 6.20 Å². The van der Waals surface area contributed by atoms with Gasteiger partial charge in [0.05, 0.1) is 12.2 Å². The van der Waals surface area contributed by atoms with Crippen molar-refractivity contribution >= 4 is 0 Å². The zero-order valence-corrected chi connectivity index (χ0v) is 12.1. The molecule has 0 unspecified atom stereocenters. The van der Waals surface area contributed by atoms with Crippen molar-refractivity contribution in [2.24, 2.45) is 23.5 Å². The number of hydrogen-bond donors (Lipinski definition) is 2. The molecule has 5 nitrogen and oxygen atoms in total. The van der Waals surface area contributed by atoms with Gasteiger partial charge in [0.15, 0.2) is 0 Å². The molecule has 0 atom stereocenters. The van der Waals surface area contributed by atoms with Gasteiger partial charge in [-0.05, 0) is 24.3 Å². The SMILES string of the molecule is CC(C)C(CNCCn1cc(CN)nn1)C(C)C. The fourth-order valence-electron chi connectivity index (χ4n) is 2.24. The monoisotopic (exact) mass is 253 g/mol. The number of nitrogens with zero attached hydrogens (tertiary/aromatic N) is 3. The first-order chi connectivity index (χ1) is 8.54. The van der Waals surface area contributed by atoms with Crippen molar-refractivity contribution in [1.29, 1.82) is 0 Å². The van der Waals surface area contributed by atoms with E-state index < -0.39 is 0 Å². The molecule has 0 radical (unpaired) electrons. The highest BCUT2D eigenvalue weighted by Crippen LogP contribution is 2.19. The van der Waals surface area contributed by atoms with Crippen LogP contribution in [0.1, 0.15) is 33.4 Å². The molecule has 0 amide bonds. The molecular formula is C13H27N5. The highest BCUT2D eigenvalue weighted by atomic mass is 15.4. The second-order valence-corrected chi connectivity index (χ2v) is 5.53.